The number of methoxy groups -OCH3 is 1. The zero-order valence-electron chi connectivity index (χ0n) is 8.73. The first-order valence-electron chi connectivity index (χ1n) is 4.76. The van der Waals surface area contributed by atoms with Crippen molar-refractivity contribution in [2.45, 2.75) is 6.92 Å². The third-order valence-electron chi connectivity index (χ3n) is 2.06. The Balaban J connectivity index is 2.73. The lowest BCUT2D eigenvalue weighted by Crippen LogP contribution is -2.29. The molecule has 0 spiro atoms. The normalized spacial score (nSPS) is 9.93. The Morgan fingerprint density at radius 3 is 2.71 bits per heavy atom. The molecule has 4 nitrogen and oxygen atoms in total. The molecule has 0 saturated heterocycles. The highest BCUT2D eigenvalue weighted by Gasteiger charge is 2.03. The molecule has 0 aliphatic rings. The van der Waals surface area contributed by atoms with Crippen LogP contribution in [0, 0.1) is 0 Å². The molecular formula is C10H17N3O. The molecule has 1 aromatic heterocycles. The van der Waals surface area contributed by atoms with Crippen LogP contribution in [0.2, 0.25) is 0 Å². The van der Waals surface area contributed by atoms with Crippen LogP contribution in [0.3, 0.4) is 0 Å². The molecule has 0 aromatic carbocycles. The molecule has 2 N–H and O–H groups in total. The van der Waals surface area contributed by atoms with Gasteiger partial charge in [-0.3, -0.25) is 0 Å². The molecule has 0 radical (unpaired) electrons. The number of aromatic nitrogens is 1. The van der Waals surface area contributed by atoms with Gasteiger partial charge in [0, 0.05) is 19.6 Å². The molecule has 4 heteroatoms. The van der Waals surface area contributed by atoms with Crippen LogP contribution in [0.15, 0.2) is 18.3 Å². The second-order valence-electron chi connectivity index (χ2n) is 2.92. The molecule has 0 fully saturated rings. The molecule has 1 rings (SSSR count). The van der Waals surface area contributed by atoms with Crippen LogP contribution in [0.4, 0.5) is 5.82 Å². The molecule has 1 aromatic rings. The number of nitrogens with zero attached hydrogens (tertiary/aromatic N) is 2. The van der Waals surface area contributed by atoms with Gasteiger partial charge in [-0.15, -0.1) is 0 Å². The van der Waals surface area contributed by atoms with Crippen LogP contribution < -0.4 is 15.4 Å². The second kappa shape index (κ2) is 5.44. The van der Waals surface area contributed by atoms with Gasteiger partial charge >= 0.3 is 0 Å². The lowest BCUT2D eigenvalue weighted by Gasteiger charge is -2.20. The Morgan fingerprint density at radius 2 is 2.29 bits per heavy atom. The Morgan fingerprint density at radius 1 is 1.50 bits per heavy atom. The predicted octanol–water partition coefficient (Wildman–Crippen LogP) is 0.875. The smallest absolute Gasteiger partial charge is 0.137 e. The Hall–Kier alpha value is -1.29. The van der Waals surface area contributed by atoms with Gasteiger partial charge in [0.05, 0.1) is 13.3 Å². The lowest BCUT2D eigenvalue weighted by atomic mass is 10.4. The highest BCUT2D eigenvalue weighted by molar-refractivity contribution is 5.40. The molecule has 0 amide bonds. The predicted molar refractivity (Wildman–Crippen MR) is 57.7 cm³/mol. The summed E-state index contributed by atoms with van der Waals surface area (Å²) in [5, 5.41) is 0. The van der Waals surface area contributed by atoms with Gasteiger partial charge < -0.3 is 15.4 Å². The number of nitrogens with two attached hydrogens (primary N) is 1. The Bertz CT molecular complexity index is 261. The molecule has 0 aliphatic carbocycles. The van der Waals surface area contributed by atoms with Crippen molar-refractivity contribution in [3.05, 3.63) is 18.3 Å². The lowest BCUT2D eigenvalue weighted by molar-refractivity contribution is 0.413. The van der Waals surface area contributed by atoms with Gasteiger partial charge in [0.25, 0.3) is 0 Å². The zero-order valence-corrected chi connectivity index (χ0v) is 8.73. The number of ether oxygens (including phenoxy) is 1. The summed E-state index contributed by atoms with van der Waals surface area (Å²) in [6.07, 6.45) is 1.72. The van der Waals surface area contributed by atoms with Crippen molar-refractivity contribution in [3.63, 3.8) is 0 Å². The number of hydrogen-bond acceptors (Lipinski definition) is 4. The van der Waals surface area contributed by atoms with Crippen molar-refractivity contribution in [3.8, 4) is 5.75 Å². The van der Waals surface area contributed by atoms with Gasteiger partial charge in [-0.1, -0.05) is 0 Å². The molecule has 14 heavy (non-hydrogen) atoms. The molecule has 0 atom stereocenters. The number of likely N-dealkylation sites (N-methyl/N-ethyl adjacent to an activating group) is 1. The maximum absolute atomic E-state index is 5.50. The van der Waals surface area contributed by atoms with Crippen LogP contribution in [-0.2, 0) is 0 Å². The summed E-state index contributed by atoms with van der Waals surface area (Å²) in [6, 6.07) is 3.85. The van der Waals surface area contributed by atoms with Crippen LogP contribution in [0.5, 0.6) is 5.75 Å². The molecule has 0 saturated carbocycles. The second-order valence-corrected chi connectivity index (χ2v) is 2.92. The molecule has 0 bridgehead atoms. The van der Waals surface area contributed by atoms with Crippen molar-refractivity contribution < 1.29 is 4.74 Å². The molecule has 78 valence electrons. The fourth-order valence-corrected chi connectivity index (χ4v) is 1.27. The third-order valence-corrected chi connectivity index (χ3v) is 2.06. The minimum Gasteiger partial charge on any atom is -0.495 e. The van der Waals surface area contributed by atoms with Crippen molar-refractivity contribution in [2.75, 3.05) is 31.6 Å². The summed E-state index contributed by atoms with van der Waals surface area (Å²) < 4.78 is 5.04. The summed E-state index contributed by atoms with van der Waals surface area (Å²) >= 11 is 0. The minimum absolute atomic E-state index is 0.640. The maximum atomic E-state index is 5.50. The van der Waals surface area contributed by atoms with Crippen molar-refractivity contribution in [2.24, 2.45) is 5.73 Å². The van der Waals surface area contributed by atoms with Crippen LogP contribution >= 0.6 is 0 Å². The molecular weight excluding hydrogens is 178 g/mol. The highest BCUT2D eigenvalue weighted by Crippen LogP contribution is 2.14. The largest absolute Gasteiger partial charge is 0.495 e. The van der Waals surface area contributed by atoms with E-state index >= 15 is 0 Å². The standard InChI is InChI=1S/C10H17N3O/c1-3-13(7-6-11)10-5-4-9(14-2)8-12-10/h4-5,8H,3,6-7,11H2,1-2H3. The monoisotopic (exact) mass is 195 g/mol. The highest BCUT2D eigenvalue weighted by atomic mass is 16.5. The number of anilines is 1. The van der Waals surface area contributed by atoms with E-state index in [1.54, 1.807) is 13.3 Å². The van der Waals surface area contributed by atoms with Gasteiger partial charge in [-0.2, -0.15) is 0 Å². The molecule has 1 heterocycles. The van der Waals surface area contributed by atoms with Crippen molar-refractivity contribution in [1.29, 1.82) is 0 Å². The van der Waals surface area contributed by atoms with Crippen LogP contribution in [-0.4, -0.2) is 31.7 Å². The van der Waals surface area contributed by atoms with Crippen molar-refractivity contribution >= 4 is 5.82 Å². The first-order chi connectivity index (χ1) is 6.81. The molecule has 0 aliphatic heterocycles. The first-order valence-corrected chi connectivity index (χ1v) is 4.76. The number of rotatable bonds is 5. The van der Waals surface area contributed by atoms with E-state index in [9.17, 15) is 0 Å². The summed E-state index contributed by atoms with van der Waals surface area (Å²) in [4.78, 5) is 6.41. The summed E-state index contributed by atoms with van der Waals surface area (Å²) in [5.74, 6) is 1.72. The molecule has 0 unspecified atom stereocenters. The van der Waals surface area contributed by atoms with Gasteiger partial charge in [0.1, 0.15) is 11.6 Å². The summed E-state index contributed by atoms with van der Waals surface area (Å²) in [5.41, 5.74) is 5.50. The van der Waals surface area contributed by atoms with Crippen molar-refractivity contribution in [1.82, 2.24) is 4.98 Å². The van der Waals surface area contributed by atoms with Gasteiger partial charge in [0.15, 0.2) is 0 Å². The van der Waals surface area contributed by atoms with E-state index in [-0.39, 0.29) is 0 Å². The maximum Gasteiger partial charge on any atom is 0.137 e. The average Bonchev–Trinajstić information content (AvgIpc) is 2.26. The summed E-state index contributed by atoms with van der Waals surface area (Å²) in [6.45, 7) is 4.47. The van der Waals surface area contributed by atoms with Crippen LogP contribution in [0.1, 0.15) is 6.92 Å². The number of hydrogen-bond donors (Lipinski definition) is 1. The zero-order chi connectivity index (χ0) is 10.4. The van der Waals surface area contributed by atoms with Gasteiger partial charge in [-0.05, 0) is 19.1 Å². The van der Waals surface area contributed by atoms with Crippen LogP contribution in [0.25, 0.3) is 0 Å². The third kappa shape index (κ3) is 2.60. The quantitative estimate of drug-likeness (QED) is 0.757. The fraction of sp³-hybridized carbons (Fsp3) is 0.500. The first kappa shape index (κ1) is 10.8. The number of pyridine rings is 1. The van der Waals surface area contributed by atoms with E-state index in [4.69, 9.17) is 10.5 Å². The van der Waals surface area contributed by atoms with E-state index in [0.29, 0.717) is 6.54 Å². The minimum atomic E-state index is 0.640. The Kier molecular flexibility index (Phi) is 4.19. The van der Waals surface area contributed by atoms with E-state index < -0.39 is 0 Å². The fourth-order valence-electron chi connectivity index (χ4n) is 1.27. The van der Waals surface area contributed by atoms with E-state index in [0.717, 1.165) is 24.7 Å². The Labute approximate surface area is 84.7 Å². The summed E-state index contributed by atoms with van der Waals surface area (Å²) in [7, 11) is 1.63. The average molecular weight is 195 g/mol. The van der Waals surface area contributed by atoms with E-state index in [1.165, 1.54) is 0 Å². The SMILES string of the molecule is CCN(CCN)c1ccc(OC)cn1. The van der Waals surface area contributed by atoms with E-state index in [1.807, 2.05) is 12.1 Å². The topological polar surface area (TPSA) is 51.4 Å². The van der Waals surface area contributed by atoms with E-state index in [2.05, 4.69) is 16.8 Å². The van der Waals surface area contributed by atoms with Gasteiger partial charge in [-0.25, -0.2) is 4.98 Å². The van der Waals surface area contributed by atoms with Gasteiger partial charge in [0.2, 0.25) is 0 Å².